The first-order valence-corrected chi connectivity index (χ1v) is 6.30. The molecule has 3 rings (SSSR count). The summed E-state index contributed by atoms with van der Waals surface area (Å²) in [5, 5.41) is 2.56. The minimum atomic E-state index is -0.167. The molecule has 0 saturated carbocycles. The van der Waals surface area contributed by atoms with Gasteiger partial charge in [0.2, 0.25) is 5.56 Å². The Balaban J connectivity index is 2.61. The second kappa shape index (κ2) is 3.89. The number of hydrogen-bond donors (Lipinski definition) is 1. The fourth-order valence-corrected chi connectivity index (χ4v) is 2.86. The van der Waals surface area contributed by atoms with Gasteiger partial charge in [-0.1, -0.05) is 11.6 Å². The smallest absolute Gasteiger partial charge is 0.249 e. The molecule has 0 radical (unpaired) electrons. The van der Waals surface area contributed by atoms with E-state index in [1.165, 1.54) is 11.6 Å². The van der Waals surface area contributed by atoms with Crippen LogP contribution in [0, 0.1) is 6.92 Å². The van der Waals surface area contributed by atoms with Crippen molar-refractivity contribution in [3.05, 3.63) is 45.3 Å². The minimum absolute atomic E-state index is 0.167. The summed E-state index contributed by atoms with van der Waals surface area (Å²) >= 11 is 6.24. The third-order valence-corrected chi connectivity index (χ3v) is 3.63. The fraction of sp³-hybridized carbons (Fsp3) is 0.214. The second-order valence-electron chi connectivity index (χ2n) is 4.46. The van der Waals surface area contributed by atoms with Gasteiger partial charge in [0.15, 0.2) is 0 Å². The van der Waals surface area contributed by atoms with Crippen LogP contribution < -0.4 is 5.56 Å². The number of halogens is 1. The number of benzene rings is 1. The largest absolute Gasteiger partial charge is 0.347 e. The highest BCUT2D eigenvalue weighted by molar-refractivity contribution is 6.37. The van der Waals surface area contributed by atoms with Crippen molar-refractivity contribution in [3.8, 4) is 0 Å². The highest BCUT2D eigenvalue weighted by Gasteiger charge is 2.11. The number of aryl methyl sites for hydroxylation is 2. The van der Waals surface area contributed by atoms with Gasteiger partial charge < -0.3 is 9.55 Å². The highest BCUT2D eigenvalue weighted by Crippen LogP contribution is 2.32. The zero-order valence-electron chi connectivity index (χ0n) is 10.2. The van der Waals surface area contributed by atoms with Gasteiger partial charge in [0.05, 0.1) is 10.5 Å². The SMILES string of the molecule is CCn1cc(C)c2c3c(Cl)cc(=O)[nH]c3ccc21. The molecule has 0 fully saturated rings. The maximum Gasteiger partial charge on any atom is 0.249 e. The molecule has 0 amide bonds. The normalized spacial score (nSPS) is 11.5. The Morgan fingerprint density at radius 2 is 2.11 bits per heavy atom. The summed E-state index contributed by atoms with van der Waals surface area (Å²) in [6.45, 7) is 5.09. The van der Waals surface area contributed by atoms with Crippen LogP contribution in [0.15, 0.2) is 29.2 Å². The number of aromatic nitrogens is 2. The lowest BCUT2D eigenvalue weighted by Gasteiger charge is -2.05. The molecule has 1 N–H and O–H groups in total. The molecule has 2 aromatic heterocycles. The number of nitrogens with zero attached hydrogens (tertiary/aromatic N) is 1. The van der Waals surface area contributed by atoms with Crippen molar-refractivity contribution in [2.75, 3.05) is 0 Å². The average molecular weight is 261 g/mol. The Labute approximate surface area is 109 Å². The maximum atomic E-state index is 11.4. The lowest BCUT2D eigenvalue weighted by molar-refractivity contribution is 0.795. The quantitative estimate of drug-likeness (QED) is 0.715. The molecular formula is C14H13ClN2O. The third kappa shape index (κ3) is 1.47. The van der Waals surface area contributed by atoms with Gasteiger partial charge >= 0.3 is 0 Å². The van der Waals surface area contributed by atoms with E-state index in [9.17, 15) is 4.79 Å². The van der Waals surface area contributed by atoms with Crippen LogP contribution in [0.3, 0.4) is 0 Å². The van der Waals surface area contributed by atoms with E-state index in [0.29, 0.717) is 5.02 Å². The zero-order valence-corrected chi connectivity index (χ0v) is 11.0. The van der Waals surface area contributed by atoms with Crippen molar-refractivity contribution in [1.82, 2.24) is 9.55 Å². The van der Waals surface area contributed by atoms with E-state index in [0.717, 1.165) is 28.4 Å². The summed E-state index contributed by atoms with van der Waals surface area (Å²) in [4.78, 5) is 14.3. The van der Waals surface area contributed by atoms with E-state index < -0.39 is 0 Å². The summed E-state index contributed by atoms with van der Waals surface area (Å²) in [7, 11) is 0. The third-order valence-electron chi connectivity index (χ3n) is 3.33. The Bertz CT molecular complexity index is 814. The Kier molecular flexibility index (Phi) is 2.45. The molecule has 0 aliphatic heterocycles. The predicted octanol–water partition coefficient (Wildman–Crippen LogP) is 3.46. The van der Waals surface area contributed by atoms with Gasteiger partial charge in [0.25, 0.3) is 0 Å². The van der Waals surface area contributed by atoms with Crippen LogP contribution in [0.2, 0.25) is 5.02 Å². The number of pyridine rings is 1. The number of hydrogen-bond acceptors (Lipinski definition) is 1. The number of rotatable bonds is 1. The molecule has 18 heavy (non-hydrogen) atoms. The molecule has 0 spiro atoms. The maximum absolute atomic E-state index is 11.4. The van der Waals surface area contributed by atoms with E-state index >= 15 is 0 Å². The van der Waals surface area contributed by atoms with Crippen LogP contribution in [0.1, 0.15) is 12.5 Å². The molecule has 3 aromatic rings. The molecule has 0 atom stereocenters. The van der Waals surface area contributed by atoms with E-state index in [-0.39, 0.29) is 5.56 Å². The second-order valence-corrected chi connectivity index (χ2v) is 4.87. The monoisotopic (exact) mass is 260 g/mol. The molecule has 0 bridgehead atoms. The van der Waals surface area contributed by atoms with Crippen LogP contribution in [0.25, 0.3) is 21.8 Å². The summed E-state index contributed by atoms with van der Waals surface area (Å²) in [6, 6.07) is 5.38. The molecule has 3 nitrogen and oxygen atoms in total. The topological polar surface area (TPSA) is 37.8 Å². The molecule has 0 aliphatic carbocycles. The van der Waals surface area contributed by atoms with E-state index in [4.69, 9.17) is 11.6 Å². The van der Waals surface area contributed by atoms with Gasteiger partial charge in [0, 0.05) is 35.1 Å². The van der Waals surface area contributed by atoms with Crippen LogP contribution in [0.4, 0.5) is 0 Å². The minimum Gasteiger partial charge on any atom is -0.347 e. The summed E-state index contributed by atoms with van der Waals surface area (Å²) in [5.41, 5.74) is 2.94. The van der Waals surface area contributed by atoms with Crippen molar-refractivity contribution in [3.63, 3.8) is 0 Å². The van der Waals surface area contributed by atoms with Gasteiger partial charge in [-0.25, -0.2) is 0 Å². The van der Waals surface area contributed by atoms with E-state index in [1.807, 2.05) is 12.1 Å². The van der Waals surface area contributed by atoms with Crippen molar-refractivity contribution < 1.29 is 0 Å². The summed E-state index contributed by atoms with van der Waals surface area (Å²) in [5.74, 6) is 0. The van der Waals surface area contributed by atoms with Gasteiger partial charge in [-0.05, 0) is 31.5 Å². The number of fused-ring (bicyclic) bond motifs is 3. The van der Waals surface area contributed by atoms with Gasteiger partial charge in [-0.15, -0.1) is 0 Å². The van der Waals surface area contributed by atoms with E-state index in [2.05, 4.69) is 29.6 Å². The number of nitrogens with one attached hydrogen (secondary N) is 1. The first-order chi connectivity index (χ1) is 8.61. The fourth-order valence-electron chi connectivity index (χ4n) is 2.57. The zero-order chi connectivity index (χ0) is 12.9. The first-order valence-electron chi connectivity index (χ1n) is 5.92. The van der Waals surface area contributed by atoms with Gasteiger partial charge in [-0.2, -0.15) is 0 Å². The van der Waals surface area contributed by atoms with Crippen LogP contribution in [-0.2, 0) is 6.54 Å². The van der Waals surface area contributed by atoms with Crippen LogP contribution in [0.5, 0.6) is 0 Å². The Morgan fingerprint density at radius 3 is 2.83 bits per heavy atom. The molecule has 0 unspecified atom stereocenters. The van der Waals surface area contributed by atoms with Crippen LogP contribution in [-0.4, -0.2) is 9.55 Å². The Hall–Kier alpha value is -1.74. The average Bonchev–Trinajstić information content (AvgIpc) is 2.65. The van der Waals surface area contributed by atoms with E-state index in [1.54, 1.807) is 0 Å². The molecular weight excluding hydrogens is 248 g/mol. The van der Waals surface area contributed by atoms with Crippen molar-refractivity contribution in [2.24, 2.45) is 0 Å². The number of H-pyrrole nitrogens is 1. The number of aromatic amines is 1. The standard InChI is InChI=1S/C14H13ClN2O/c1-3-17-7-8(2)13-11(17)5-4-10-14(13)9(15)6-12(18)16-10/h4-7H,3H2,1-2H3,(H,16,18). The molecule has 92 valence electrons. The molecule has 1 aromatic carbocycles. The van der Waals surface area contributed by atoms with Crippen molar-refractivity contribution in [2.45, 2.75) is 20.4 Å². The molecule has 0 saturated heterocycles. The van der Waals surface area contributed by atoms with Crippen molar-refractivity contribution >= 4 is 33.4 Å². The van der Waals surface area contributed by atoms with Crippen LogP contribution >= 0.6 is 11.6 Å². The summed E-state index contributed by atoms with van der Waals surface area (Å²) in [6.07, 6.45) is 2.12. The lowest BCUT2D eigenvalue weighted by Crippen LogP contribution is -2.03. The van der Waals surface area contributed by atoms with Crippen molar-refractivity contribution in [1.29, 1.82) is 0 Å². The van der Waals surface area contributed by atoms with Gasteiger partial charge in [0.1, 0.15) is 0 Å². The molecule has 2 heterocycles. The first kappa shape index (κ1) is 11.4. The molecule has 0 aliphatic rings. The Morgan fingerprint density at radius 1 is 1.33 bits per heavy atom. The molecule has 4 heteroatoms. The summed E-state index contributed by atoms with van der Waals surface area (Å²) < 4.78 is 2.19. The highest BCUT2D eigenvalue weighted by atomic mass is 35.5. The predicted molar refractivity (Wildman–Crippen MR) is 75.5 cm³/mol. The lowest BCUT2D eigenvalue weighted by atomic mass is 10.1. The van der Waals surface area contributed by atoms with Gasteiger partial charge in [-0.3, -0.25) is 4.79 Å².